The Morgan fingerprint density at radius 2 is 1.38 bits per heavy atom. The number of carbonyl (C=O) groups excluding carboxylic acids is 1. The van der Waals surface area contributed by atoms with Crippen molar-refractivity contribution in [2.75, 3.05) is 14.2 Å². The van der Waals surface area contributed by atoms with Crippen molar-refractivity contribution in [1.82, 2.24) is 19.1 Å². The summed E-state index contributed by atoms with van der Waals surface area (Å²) in [4.78, 5) is 42.7. The minimum Gasteiger partial charge on any atom is -0.503 e. The van der Waals surface area contributed by atoms with Crippen LogP contribution in [0.5, 0.6) is 23.0 Å². The maximum Gasteiger partial charge on any atom is 0.345 e. The number of carboxylic acids is 1. The molecule has 0 bridgehead atoms. The van der Waals surface area contributed by atoms with Gasteiger partial charge in [0.25, 0.3) is 5.56 Å². The molecule has 0 aliphatic carbocycles. The van der Waals surface area contributed by atoms with Crippen LogP contribution < -0.4 is 19.8 Å². The number of ether oxygens (including phenoxy) is 3. The molecule has 0 fully saturated rings. The number of rotatable bonds is 9. The van der Waals surface area contributed by atoms with Gasteiger partial charge in [-0.1, -0.05) is 42.5 Å². The van der Waals surface area contributed by atoms with E-state index in [4.69, 9.17) is 24.3 Å². The number of nitrogens with zero attached hydrogens (tertiary/aromatic N) is 3. The van der Waals surface area contributed by atoms with Crippen LogP contribution in [0.1, 0.15) is 38.9 Å². The van der Waals surface area contributed by atoms with Crippen LogP contribution in [0.25, 0.3) is 44.3 Å². The van der Waals surface area contributed by atoms with Crippen LogP contribution in [-0.4, -0.2) is 55.3 Å². The van der Waals surface area contributed by atoms with E-state index in [1.165, 1.54) is 14.0 Å². The number of ketones is 1. The average Bonchev–Trinajstić information content (AvgIpc) is 3.71. The number of pyridine rings is 2. The zero-order valence-electron chi connectivity index (χ0n) is 30.1. The number of hydrogen-bond donors (Lipinski definition) is 3. The molecule has 53 heavy (non-hydrogen) atoms. The molecule has 12 heteroatoms. The van der Waals surface area contributed by atoms with Gasteiger partial charge >= 0.3 is 5.97 Å². The third-order valence-corrected chi connectivity index (χ3v) is 8.97. The van der Waals surface area contributed by atoms with Crippen molar-refractivity contribution in [3.05, 3.63) is 124 Å². The van der Waals surface area contributed by atoms with Crippen molar-refractivity contribution in [1.29, 1.82) is 0 Å². The highest BCUT2D eigenvalue weighted by Crippen LogP contribution is 2.42. The molecule has 0 amide bonds. The van der Waals surface area contributed by atoms with E-state index in [9.17, 15) is 19.5 Å². The summed E-state index contributed by atoms with van der Waals surface area (Å²) in [7, 11) is 6.81. The molecule has 4 heterocycles. The lowest BCUT2D eigenvalue weighted by molar-refractivity contribution is 0.0690. The Bertz CT molecular complexity index is 2570. The van der Waals surface area contributed by atoms with Gasteiger partial charge in [0, 0.05) is 59.4 Å². The number of Topliss-reactive ketones (excluding diaryl/α,β-unsaturated/α-hetero) is 1. The molecule has 270 valence electrons. The summed E-state index contributed by atoms with van der Waals surface area (Å²) in [5, 5.41) is 21.2. The lowest BCUT2D eigenvalue weighted by atomic mass is 10.0. The molecular formula is C41H38N4O8. The fourth-order valence-corrected chi connectivity index (χ4v) is 6.37. The van der Waals surface area contributed by atoms with Crippen LogP contribution >= 0.6 is 0 Å². The van der Waals surface area contributed by atoms with Gasteiger partial charge in [0.15, 0.2) is 34.3 Å². The smallest absolute Gasteiger partial charge is 0.345 e. The Kier molecular flexibility index (Phi) is 10.1. The third kappa shape index (κ3) is 6.94. The molecule has 0 spiro atoms. The summed E-state index contributed by atoms with van der Waals surface area (Å²) >= 11 is 0. The van der Waals surface area contributed by atoms with Gasteiger partial charge in [0.2, 0.25) is 0 Å². The molecular weight excluding hydrogens is 676 g/mol. The van der Waals surface area contributed by atoms with E-state index >= 15 is 0 Å². The van der Waals surface area contributed by atoms with Gasteiger partial charge in [0.05, 0.1) is 31.2 Å². The fraction of sp³-hybridized carbons (Fsp3) is 0.171. The molecule has 4 aromatic heterocycles. The first-order valence-electron chi connectivity index (χ1n) is 16.6. The van der Waals surface area contributed by atoms with E-state index in [0.717, 1.165) is 32.9 Å². The van der Waals surface area contributed by atoms with Crippen LogP contribution in [0.3, 0.4) is 0 Å². The first kappa shape index (κ1) is 36.0. The summed E-state index contributed by atoms with van der Waals surface area (Å²) in [5.74, 6) is -1.50. The highest BCUT2D eigenvalue weighted by molar-refractivity contribution is 6.00. The molecule has 3 aromatic carbocycles. The Morgan fingerprint density at radius 1 is 0.792 bits per heavy atom. The van der Waals surface area contributed by atoms with Gasteiger partial charge in [-0.25, -0.2) is 9.78 Å². The third-order valence-electron chi connectivity index (χ3n) is 8.97. The van der Waals surface area contributed by atoms with Gasteiger partial charge < -0.3 is 38.5 Å². The molecule has 7 aromatic rings. The molecule has 0 radical (unpaired) electrons. The Balaban J connectivity index is 0.000000188. The van der Waals surface area contributed by atoms with Gasteiger partial charge in [-0.3, -0.25) is 9.59 Å². The van der Waals surface area contributed by atoms with Crippen LogP contribution in [0, 0.1) is 6.92 Å². The highest BCUT2D eigenvalue weighted by atomic mass is 16.5. The first-order chi connectivity index (χ1) is 25.4. The highest BCUT2D eigenvalue weighted by Gasteiger charge is 2.25. The number of aromatic amines is 1. The van der Waals surface area contributed by atoms with Gasteiger partial charge in [0.1, 0.15) is 12.3 Å². The zero-order valence-corrected chi connectivity index (χ0v) is 30.1. The Hall–Kier alpha value is -6.82. The number of aromatic hydroxyl groups is 1. The van der Waals surface area contributed by atoms with Gasteiger partial charge in [-0.05, 0) is 55.8 Å². The fourth-order valence-electron chi connectivity index (χ4n) is 6.37. The summed E-state index contributed by atoms with van der Waals surface area (Å²) in [5.41, 5.74) is 4.98. The molecule has 0 atom stereocenters. The summed E-state index contributed by atoms with van der Waals surface area (Å²) < 4.78 is 21.0. The number of methoxy groups -OCH3 is 2. The summed E-state index contributed by atoms with van der Waals surface area (Å²) in [6, 6.07) is 25.4. The van der Waals surface area contributed by atoms with Crippen LogP contribution in [0.2, 0.25) is 0 Å². The van der Waals surface area contributed by atoms with E-state index in [1.54, 1.807) is 13.2 Å². The van der Waals surface area contributed by atoms with Crippen molar-refractivity contribution in [2.45, 2.75) is 20.5 Å². The SMILES string of the molecule is COc1c(-c2ccc3c(ccn3C)c2)[nH]c(=O)c(C(=O)O)c1O.COc1c(-c2ccc3c(ccn3C)c2)nc(C)c(C(C)=O)c1OCc1ccccc1. The minimum atomic E-state index is -1.52. The van der Waals surface area contributed by atoms with Crippen molar-refractivity contribution >= 4 is 33.6 Å². The van der Waals surface area contributed by atoms with Crippen molar-refractivity contribution < 1.29 is 34.0 Å². The van der Waals surface area contributed by atoms with Gasteiger partial charge in [-0.15, -0.1) is 0 Å². The molecule has 0 aliphatic heterocycles. The second-order valence-corrected chi connectivity index (χ2v) is 12.4. The monoisotopic (exact) mass is 714 g/mol. The standard InChI is InChI=1S/C25H24N2O3.C16H14N2O5/c1-16-22(17(2)28)24(30-15-18-8-6-5-7-9-18)25(29-4)23(26-16)20-10-11-21-19(14-20)12-13-27(21)3;1-18-6-5-8-7-9(3-4-10(8)18)12-14(23-2)13(19)11(16(21)22)15(20)17-12/h5-14H,15H2,1-4H3;3-7H,1-2H3,(H,21,22)(H2,17,19,20). The number of carbonyl (C=O) groups is 2. The van der Waals surface area contributed by atoms with Crippen molar-refractivity contribution in [3.8, 4) is 45.5 Å². The van der Waals surface area contributed by atoms with E-state index in [0.29, 0.717) is 40.6 Å². The number of nitrogens with one attached hydrogen (secondary N) is 1. The second kappa shape index (κ2) is 14.8. The van der Waals surface area contributed by atoms with Crippen molar-refractivity contribution in [3.63, 3.8) is 0 Å². The topological polar surface area (TPSA) is 158 Å². The average molecular weight is 715 g/mol. The number of fused-ring (bicyclic) bond motifs is 2. The number of hydrogen-bond acceptors (Lipinski definition) is 8. The number of benzene rings is 3. The maximum absolute atomic E-state index is 12.4. The molecule has 7 rings (SSSR count). The lowest BCUT2D eigenvalue weighted by Crippen LogP contribution is -2.19. The quantitative estimate of drug-likeness (QED) is 0.131. The number of H-pyrrole nitrogens is 1. The molecule has 0 saturated carbocycles. The predicted octanol–water partition coefficient (Wildman–Crippen LogP) is 7.28. The second-order valence-electron chi connectivity index (χ2n) is 12.4. The van der Waals surface area contributed by atoms with Crippen LogP contribution in [0.4, 0.5) is 0 Å². The Labute approximate surface area is 304 Å². The number of aromatic carboxylic acids is 1. The summed E-state index contributed by atoms with van der Waals surface area (Å²) in [6.45, 7) is 3.68. The number of aryl methyl sites for hydroxylation is 3. The Morgan fingerprint density at radius 3 is 1.94 bits per heavy atom. The first-order valence-corrected chi connectivity index (χ1v) is 16.6. The largest absolute Gasteiger partial charge is 0.503 e. The molecule has 0 aliphatic rings. The minimum absolute atomic E-state index is 0.0859. The predicted molar refractivity (Wildman–Crippen MR) is 202 cm³/mol. The number of carboxylic acid groups (broad SMARTS) is 1. The number of aromatic nitrogens is 4. The molecule has 0 saturated heterocycles. The van der Waals surface area contributed by atoms with Crippen molar-refractivity contribution in [2.24, 2.45) is 14.1 Å². The zero-order chi connectivity index (χ0) is 38.0. The van der Waals surface area contributed by atoms with E-state index in [2.05, 4.69) is 27.8 Å². The molecule has 3 N–H and O–H groups in total. The van der Waals surface area contributed by atoms with E-state index < -0.39 is 22.8 Å². The van der Waals surface area contributed by atoms with Gasteiger partial charge in [-0.2, -0.15) is 0 Å². The summed E-state index contributed by atoms with van der Waals surface area (Å²) in [6.07, 6.45) is 3.93. The van der Waals surface area contributed by atoms with Crippen LogP contribution in [0.15, 0.2) is 96.1 Å². The lowest BCUT2D eigenvalue weighted by Gasteiger charge is -2.19. The molecule has 0 unspecified atom stereocenters. The van der Waals surface area contributed by atoms with Crippen LogP contribution in [-0.2, 0) is 20.7 Å². The molecule has 12 nitrogen and oxygen atoms in total. The normalized spacial score (nSPS) is 10.9. The van der Waals surface area contributed by atoms with E-state index in [1.807, 2.05) is 92.6 Å². The maximum atomic E-state index is 12.4. The van der Waals surface area contributed by atoms with E-state index in [-0.39, 0.29) is 17.2 Å².